The molecule has 0 aliphatic carbocycles. The molecule has 17 heavy (non-hydrogen) atoms. The summed E-state index contributed by atoms with van der Waals surface area (Å²) >= 11 is 0. The molecule has 5 heteroatoms. The molecule has 0 aliphatic rings. The van der Waals surface area contributed by atoms with Gasteiger partial charge in [0.05, 0.1) is 12.8 Å². The van der Waals surface area contributed by atoms with E-state index < -0.39 is 5.82 Å². The maximum atomic E-state index is 12.9. The number of rotatable bonds is 8. The van der Waals surface area contributed by atoms with Crippen LogP contribution in [0.1, 0.15) is 25.3 Å². The lowest BCUT2D eigenvalue weighted by atomic mass is 10.3. The highest BCUT2D eigenvalue weighted by Gasteiger charge is 2.05. The number of ether oxygens (including phenoxy) is 2. The summed E-state index contributed by atoms with van der Waals surface area (Å²) in [4.78, 5) is 3.85. The molecule has 0 bridgehead atoms. The van der Waals surface area contributed by atoms with E-state index in [1.165, 1.54) is 6.07 Å². The van der Waals surface area contributed by atoms with Crippen LogP contribution in [0.4, 0.5) is 4.39 Å². The minimum Gasteiger partial charge on any atom is -0.475 e. The van der Waals surface area contributed by atoms with Crippen LogP contribution >= 0.6 is 0 Å². The molecule has 0 fully saturated rings. The summed E-state index contributed by atoms with van der Waals surface area (Å²) in [7, 11) is 0. The lowest BCUT2D eigenvalue weighted by Crippen LogP contribution is -2.11. The Kier molecular flexibility index (Phi) is 6.50. The number of pyridine rings is 1. The molecule has 1 rings (SSSR count). The molecule has 0 atom stereocenters. The number of nitrogens with zero attached hydrogens (tertiary/aromatic N) is 1. The molecule has 96 valence electrons. The monoisotopic (exact) mass is 242 g/mol. The van der Waals surface area contributed by atoms with Crippen molar-refractivity contribution in [2.24, 2.45) is 5.73 Å². The Morgan fingerprint density at radius 1 is 1.35 bits per heavy atom. The summed E-state index contributed by atoms with van der Waals surface area (Å²) in [5, 5.41) is 0. The highest BCUT2D eigenvalue weighted by atomic mass is 19.1. The highest BCUT2D eigenvalue weighted by Crippen LogP contribution is 2.15. The molecule has 1 heterocycles. The molecule has 4 nitrogen and oxygen atoms in total. The van der Waals surface area contributed by atoms with Crippen molar-refractivity contribution in [2.45, 2.75) is 26.3 Å². The molecular formula is C12H19FN2O2. The lowest BCUT2D eigenvalue weighted by Gasteiger charge is -2.09. The van der Waals surface area contributed by atoms with Crippen molar-refractivity contribution >= 4 is 0 Å². The maximum Gasteiger partial charge on any atom is 0.218 e. The number of hydrogen-bond donors (Lipinski definition) is 1. The molecule has 0 unspecified atom stereocenters. The average Bonchev–Trinajstić information content (AvgIpc) is 2.35. The molecule has 0 saturated heterocycles. The molecule has 0 aromatic carbocycles. The zero-order valence-electron chi connectivity index (χ0n) is 10.1. The summed E-state index contributed by atoms with van der Waals surface area (Å²) in [5.74, 6) is -0.0232. The molecule has 2 N–H and O–H groups in total. The van der Waals surface area contributed by atoms with E-state index in [1.54, 1.807) is 0 Å². The van der Waals surface area contributed by atoms with Gasteiger partial charge in [-0.3, -0.25) is 0 Å². The molecule has 0 amide bonds. The SMILES string of the molecule is CCCCOCCOc1ncc(F)cc1CN. The van der Waals surface area contributed by atoms with Crippen molar-refractivity contribution < 1.29 is 13.9 Å². The third kappa shape index (κ3) is 5.10. The predicted molar refractivity (Wildman–Crippen MR) is 63.3 cm³/mol. The van der Waals surface area contributed by atoms with E-state index in [0.29, 0.717) is 24.7 Å². The van der Waals surface area contributed by atoms with Gasteiger partial charge < -0.3 is 15.2 Å². The van der Waals surface area contributed by atoms with Gasteiger partial charge in [-0.05, 0) is 12.5 Å². The average molecular weight is 242 g/mol. The van der Waals surface area contributed by atoms with Crippen LogP contribution in [0, 0.1) is 5.82 Å². The largest absolute Gasteiger partial charge is 0.475 e. The van der Waals surface area contributed by atoms with E-state index in [1.807, 2.05) is 0 Å². The van der Waals surface area contributed by atoms with Gasteiger partial charge in [-0.2, -0.15) is 0 Å². The van der Waals surface area contributed by atoms with E-state index in [4.69, 9.17) is 15.2 Å². The van der Waals surface area contributed by atoms with Crippen LogP contribution in [0.2, 0.25) is 0 Å². The van der Waals surface area contributed by atoms with Crippen LogP contribution in [0.5, 0.6) is 5.88 Å². The second-order valence-corrected chi connectivity index (χ2v) is 3.64. The first-order valence-electron chi connectivity index (χ1n) is 5.83. The zero-order chi connectivity index (χ0) is 12.5. The molecule has 0 saturated carbocycles. The van der Waals surface area contributed by atoms with E-state index in [9.17, 15) is 4.39 Å². The third-order valence-electron chi connectivity index (χ3n) is 2.22. The fourth-order valence-corrected chi connectivity index (χ4v) is 1.29. The van der Waals surface area contributed by atoms with Crippen molar-refractivity contribution in [1.29, 1.82) is 0 Å². The van der Waals surface area contributed by atoms with Gasteiger partial charge >= 0.3 is 0 Å². The quantitative estimate of drug-likeness (QED) is 0.707. The summed E-state index contributed by atoms with van der Waals surface area (Å²) in [5.41, 5.74) is 6.04. The van der Waals surface area contributed by atoms with Gasteiger partial charge in [-0.1, -0.05) is 13.3 Å². The minimum absolute atomic E-state index is 0.205. The Bertz CT molecular complexity index is 334. The number of aromatic nitrogens is 1. The van der Waals surface area contributed by atoms with Gasteiger partial charge in [0, 0.05) is 18.7 Å². The fourth-order valence-electron chi connectivity index (χ4n) is 1.29. The maximum absolute atomic E-state index is 12.9. The smallest absolute Gasteiger partial charge is 0.218 e. The lowest BCUT2D eigenvalue weighted by molar-refractivity contribution is 0.0961. The van der Waals surface area contributed by atoms with Crippen molar-refractivity contribution in [3.05, 3.63) is 23.6 Å². The Balaban J connectivity index is 2.31. The van der Waals surface area contributed by atoms with E-state index >= 15 is 0 Å². The van der Waals surface area contributed by atoms with E-state index in [2.05, 4.69) is 11.9 Å². The molecule has 0 radical (unpaired) electrons. The van der Waals surface area contributed by atoms with Gasteiger partial charge in [0.2, 0.25) is 5.88 Å². The van der Waals surface area contributed by atoms with E-state index in [0.717, 1.165) is 25.6 Å². The van der Waals surface area contributed by atoms with Crippen LogP contribution in [0.3, 0.4) is 0 Å². The first-order valence-corrected chi connectivity index (χ1v) is 5.83. The van der Waals surface area contributed by atoms with Gasteiger partial charge in [0.1, 0.15) is 12.4 Å². The topological polar surface area (TPSA) is 57.4 Å². The first-order chi connectivity index (χ1) is 8.27. The summed E-state index contributed by atoms with van der Waals surface area (Å²) < 4.78 is 23.6. The Hall–Kier alpha value is -1.20. The second-order valence-electron chi connectivity index (χ2n) is 3.64. The molecule has 0 aliphatic heterocycles. The number of halogens is 1. The third-order valence-corrected chi connectivity index (χ3v) is 2.22. The molecular weight excluding hydrogens is 223 g/mol. The molecule has 0 spiro atoms. The summed E-state index contributed by atoms with van der Waals surface area (Å²) in [6, 6.07) is 1.33. The van der Waals surface area contributed by atoms with Gasteiger partial charge in [0.15, 0.2) is 0 Å². The molecule has 1 aromatic rings. The van der Waals surface area contributed by atoms with Gasteiger partial charge in [-0.15, -0.1) is 0 Å². The second kappa shape index (κ2) is 7.97. The van der Waals surface area contributed by atoms with Crippen LogP contribution in [-0.2, 0) is 11.3 Å². The van der Waals surface area contributed by atoms with Crippen LogP contribution in [0.25, 0.3) is 0 Å². The predicted octanol–water partition coefficient (Wildman–Crippen LogP) is 1.87. The van der Waals surface area contributed by atoms with E-state index in [-0.39, 0.29) is 6.54 Å². The van der Waals surface area contributed by atoms with Crippen molar-refractivity contribution in [2.75, 3.05) is 19.8 Å². The van der Waals surface area contributed by atoms with Crippen molar-refractivity contribution in [3.63, 3.8) is 0 Å². The van der Waals surface area contributed by atoms with Crippen molar-refractivity contribution in [3.8, 4) is 5.88 Å². The van der Waals surface area contributed by atoms with Crippen LogP contribution < -0.4 is 10.5 Å². The minimum atomic E-state index is -0.406. The van der Waals surface area contributed by atoms with Gasteiger partial charge in [0.25, 0.3) is 0 Å². The standard InChI is InChI=1S/C12H19FN2O2/c1-2-3-4-16-5-6-17-12-10(8-14)7-11(13)9-15-12/h7,9H,2-6,8,14H2,1H3. The van der Waals surface area contributed by atoms with Crippen molar-refractivity contribution in [1.82, 2.24) is 4.98 Å². The number of nitrogens with two attached hydrogens (primary N) is 1. The summed E-state index contributed by atoms with van der Waals surface area (Å²) in [6.07, 6.45) is 3.27. The Morgan fingerprint density at radius 2 is 2.18 bits per heavy atom. The zero-order valence-corrected chi connectivity index (χ0v) is 10.1. The first kappa shape index (κ1) is 13.9. The Morgan fingerprint density at radius 3 is 2.88 bits per heavy atom. The normalized spacial score (nSPS) is 10.5. The molecule has 1 aromatic heterocycles. The van der Waals surface area contributed by atoms with Gasteiger partial charge in [-0.25, -0.2) is 9.37 Å². The fraction of sp³-hybridized carbons (Fsp3) is 0.583. The summed E-state index contributed by atoms with van der Waals surface area (Å²) in [6.45, 7) is 3.95. The number of unbranched alkanes of at least 4 members (excludes halogenated alkanes) is 1. The highest BCUT2D eigenvalue weighted by molar-refractivity contribution is 5.25. The van der Waals surface area contributed by atoms with Crippen LogP contribution in [0.15, 0.2) is 12.3 Å². The number of hydrogen-bond acceptors (Lipinski definition) is 4. The van der Waals surface area contributed by atoms with Crippen LogP contribution in [-0.4, -0.2) is 24.8 Å². The Labute approximate surface area is 101 Å².